The summed E-state index contributed by atoms with van der Waals surface area (Å²) in [5, 5.41) is 10.9. The maximum atomic E-state index is 12.7. The average Bonchev–Trinajstić information content (AvgIpc) is 3.47. The molecule has 0 saturated carbocycles. The van der Waals surface area contributed by atoms with Gasteiger partial charge in [0.25, 0.3) is 5.91 Å². The van der Waals surface area contributed by atoms with Crippen LogP contribution < -0.4 is 20.2 Å². The first-order chi connectivity index (χ1) is 20.9. The largest absolute Gasteiger partial charge is 0.490 e. The van der Waals surface area contributed by atoms with E-state index in [9.17, 15) is 4.79 Å². The van der Waals surface area contributed by atoms with Crippen LogP contribution in [0.4, 0.5) is 10.8 Å². The van der Waals surface area contributed by atoms with Gasteiger partial charge in [-0.3, -0.25) is 4.79 Å². The van der Waals surface area contributed by atoms with Gasteiger partial charge >= 0.3 is 0 Å². The molecule has 0 fully saturated rings. The van der Waals surface area contributed by atoms with E-state index in [0.29, 0.717) is 35.3 Å². The van der Waals surface area contributed by atoms with Crippen LogP contribution in [0.3, 0.4) is 0 Å². The first-order valence-electron chi connectivity index (χ1n) is 13.4. The zero-order chi connectivity index (χ0) is 30.2. The summed E-state index contributed by atoms with van der Waals surface area (Å²) >= 11 is 10.0. The summed E-state index contributed by atoms with van der Waals surface area (Å²) in [5.74, 6) is 0.896. The first-order valence-corrected chi connectivity index (χ1v) is 15.8. The summed E-state index contributed by atoms with van der Waals surface area (Å²) in [4.78, 5) is 17.4. The Morgan fingerprint density at radius 1 is 1.05 bits per heavy atom. The Labute approximate surface area is 273 Å². The van der Waals surface area contributed by atoms with Crippen LogP contribution in [-0.2, 0) is 6.61 Å². The Hall–Kier alpha value is -3.93. The third-order valence-electron chi connectivity index (χ3n) is 6.29. The van der Waals surface area contributed by atoms with Gasteiger partial charge in [-0.1, -0.05) is 59.6 Å². The number of hydrazone groups is 1. The van der Waals surface area contributed by atoms with Gasteiger partial charge in [0.2, 0.25) is 0 Å². The molecule has 0 radical (unpaired) electrons. The minimum atomic E-state index is -0.317. The number of halogens is 2. The van der Waals surface area contributed by atoms with Crippen LogP contribution in [-0.4, -0.2) is 23.7 Å². The summed E-state index contributed by atoms with van der Waals surface area (Å²) in [7, 11) is 0. The minimum Gasteiger partial charge on any atom is -0.490 e. The molecular formula is C33H28ClIN4O3S. The fourth-order valence-corrected chi connectivity index (χ4v) is 5.79. The van der Waals surface area contributed by atoms with Crippen molar-refractivity contribution in [2.75, 3.05) is 11.9 Å². The van der Waals surface area contributed by atoms with Crippen molar-refractivity contribution in [1.82, 2.24) is 10.4 Å². The molecule has 7 nitrogen and oxygen atoms in total. The van der Waals surface area contributed by atoms with Crippen molar-refractivity contribution in [2.45, 2.75) is 20.5 Å². The Bertz CT molecular complexity index is 1740. The standard InChI is InChI=1S/C33H28ClIN4O3S/c1-3-41-30-17-22(16-28(35)31(30)42-19-25-6-4-5-7-27(25)34)18-36-39-32(40)24-12-10-23(11-13-24)29-20-43-33(38-29)37-26-14-8-21(2)9-15-26/h4-18,20H,3,19H2,1-2H3,(H,37,38)(H,39,40)/b36-18-. The topological polar surface area (TPSA) is 84.8 Å². The number of thiazole rings is 1. The molecule has 43 heavy (non-hydrogen) atoms. The Morgan fingerprint density at radius 2 is 1.81 bits per heavy atom. The molecule has 1 aromatic heterocycles. The summed E-state index contributed by atoms with van der Waals surface area (Å²) in [6.45, 7) is 4.75. The highest BCUT2D eigenvalue weighted by Crippen LogP contribution is 2.35. The van der Waals surface area contributed by atoms with E-state index < -0.39 is 0 Å². The Kier molecular flexibility index (Phi) is 10.3. The van der Waals surface area contributed by atoms with Crippen LogP contribution in [0.2, 0.25) is 5.02 Å². The molecule has 0 aliphatic heterocycles. The third-order valence-corrected chi connectivity index (χ3v) is 8.22. The van der Waals surface area contributed by atoms with Crippen molar-refractivity contribution in [3.63, 3.8) is 0 Å². The molecule has 4 aromatic carbocycles. The second kappa shape index (κ2) is 14.5. The van der Waals surface area contributed by atoms with Crippen LogP contribution in [0, 0.1) is 10.5 Å². The summed E-state index contributed by atoms with van der Waals surface area (Å²) in [5.41, 5.74) is 8.67. The summed E-state index contributed by atoms with van der Waals surface area (Å²) in [6.07, 6.45) is 1.58. The number of nitrogens with one attached hydrogen (secondary N) is 2. The number of aromatic nitrogens is 1. The van der Waals surface area contributed by atoms with Gasteiger partial charge in [0.15, 0.2) is 16.6 Å². The van der Waals surface area contributed by atoms with Gasteiger partial charge < -0.3 is 14.8 Å². The van der Waals surface area contributed by atoms with Crippen molar-refractivity contribution in [3.05, 3.63) is 121 Å². The van der Waals surface area contributed by atoms with E-state index in [0.717, 1.165) is 36.8 Å². The second-order valence-corrected chi connectivity index (χ2v) is 11.9. The molecule has 0 unspecified atom stereocenters. The van der Waals surface area contributed by atoms with Crippen LogP contribution in [0.15, 0.2) is 95.4 Å². The first kappa shape index (κ1) is 30.5. The predicted octanol–water partition coefficient (Wildman–Crippen LogP) is 8.86. The second-order valence-electron chi connectivity index (χ2n) is 9.45. The van der Waals surface area contributed by atoms with E-state index in [1.807, 2.05) is 73.0 Å². The lowest BCUT2D eigenvalue weighted by molar-refractivity contribution is 0.0955. The van der Waals surface area contributed by atoms with Crippen LogP contribution in [0.25, 0.3) is 11.3 Å². The lowest BCUT2D eigenvalue weighted by Gasteiger charge is -2.15. The van der Waals surface area contributed by atoms with E-state index >= 15 is 0 Å². The zero-order valence-electron chi connectivity index (χ0n) is 23.4. The number of carbonyl (C=O) groups is 1. The fraction of sp³-hybridized carbons (Fsp3) is 0.121. The number of aryl methyl sites for hydroxylation is 1. The molecule has 1 heterocycles. The molecule has 0 bridgehead atoms. The predicted molar refractivity (Wildman–Crippen MR) is 183 cm³/mol. The van der Waals surface area contributed by atoms with E-state index in [2.05, 4.69) is 62.5 Å². The normalized spacial score (nSPS) is 11.0. The molecule has 2 N–H and O–H groups in total. The van der Waals surface area contributed by atoms with E-state index in [4.69, 9.17) is 21.1 Å². The van der Waals surface area contributed by atoms with E-state index in [1.165, 1.54) is 16.9 Å². The molecular weight excluding hydrogens is 695 g/mol. The van der Waals surface area contributed by atoms with Gasteiger partial charge in [-0.25, -0.2) is 10.4 Å². The Balaban J connectivity index is 1.20. The number of anilines is 2. The monoisotopic (exact) mass is 722 g/mol. The zero-order valence-corrected chi connectivity index (χ0v) is 27.2. The number of amides is 1. The SMILES string of the molecule is CCOc1cc(/C=N\NC(=O)c2ccc(-c3csc(Nc4ccc(C)cc4)n3)cc2)cc(I)c1OCc1ccccc1Cl. The van der Waals surface area contributed by atoms with E-state index in [-0.39, 0.29) is 5.91 Å². The molecule has 0 atom stereocenters. The number of hydrogen-bond donors (Lipinski definition) is 2. The minimum absolute atomic E-state index is 0.311. The highest BCUT2D eigenvalue weighted by Gasteiger charge is 2.13. The maximum absolute atomic E-state index is 12.7. The molecule has 5 rings (SSSR count). The molecule has 218 valence electrons. The molecule has 0 spiro atoms. The number of benzene rings is 4. The molecule has 0 aliphatic carbocycles. The van der Waals surface area contributed by atoms with Gasteiger partial charge in [0.1, 0.15) is 6.61 Å². The van der Waals surface area contributed by atoms with Crippen LogP contribution >= 0.6 is 45.5 Å². The lowest BCUT2D eigenvalue weighted by Crippen LogP contribution is -2.17. The van der Waals surface area contributed by atoms with Crippen LogP contribution in [0.5, 0.6) is 11.5 Å². The highest BCUT2D eigenvalue weighted by molar-refractivity contribution is 14.1. The van der Waals surface area contributed by atoms with Gasteiger partial charge in [-0.15, -0.1) is 11.3 Å². The molecule has 5 aromatic rings. The number of rotatable bonds is 11. The number of hydrogen-bond acceptors (Lipinski definition) is 7. The van der Waals surface area contributed by atoms with Gasteiger partial charge in [-0.2, -0.15) is 5.10 Å². The molecule has 1 amide bonds. The van der Waals surface area contributed by atoms with Crippen LogP contribution in [0.1, 0.15) is 34.0 Å². The van der Waals surface area contributed by atoms with Gasteiger partial charge in [0.05, 0.1) is 22.1 Å². The van der Waals surface area contributed by atoms with Crippen molar-refractivity contribution in [3.8, 4) is 22.8 Å². The maximum Gasteiger partial charge on any atom is 0.271 e. The molecule has 10 heteroatoms. The van der Waals surface area contributed by atoms with Gasteiger partial charge in [-0.05, 0) is 84.5 Å². The molecule has 0 saturated heterocycles. The average molecular weight is 723 g/mol. The fourth-order valence-electron chi connectivity index (χ4n) is 4.08. The van der Waals surface area contributed by atoms with Crippen molar-refractivity contribution >= 4 is 68.5 Å². The van der Waals surface area contributed by atoms with E-state index in [1.54, 1.807) is 18.3 Å². The van der Waals surface area contributed by atoms with Gasteiger partial charge in [0, 0.05) is 32.8 Å². The third kappa shape index (κ3) is 8.13. The smallest absolute Gasteiger partial charge is 0.271 e. The number of nitrogens with zero attached hydrogens (tertiary/aromatic N) is 2. The quantitative estimate of drug-likeness (QED) is 0.0809. The van der Waals surface area contributed by atoms with Crippen molar-refractivity contribution in [2.24, 2.45) is 5.10 Å². The summed E-state index contributed by atoms with van der Waals surface area (Å²) < 4.78 is 12.8. The van der Waals surface area contributed by atoms with Crippen molar-refractivity contribution < 1.29 is 14.3 Å². The number of carbonyl (C=O) groups excluding carboxylic acids is 1. The lowest BCUT2D eigenvalue weighted by atomic mass is 10.1. The van der Waals surface area contributed by atoms with Crippen molar-refractivity contribution in [1.29, 1.82) is 0 Å². The molecule has 0 aliphatic rings. The Morgan fingerprint density at radius 3 is 2.56 bits per heavy atom. The number of ether oxygens (including phenoxy) is 2. The highest BCUT2D eigenvalue weighted by atomic mass is 127. The summed E-state index contributed by atoms with van der Waals surface area (Å²) in [6, 6.07) is 26.7.